The average Bonchev–Trinajstić information content (AvgIpc) is 2.19. The number of rotatable bonds is 4. The summed E-state index contributed by atoms with van der Waals surface area (Å²) in [5.41, 5.74) is 6.46. The molecule has 16 heavy (non-hydrogen) atoms. The molecule has 1 unspecified atom stereocenters. The van der Waals surface area contributed by atoms with E-state index in [0.29, 0.717) is 22.9 Å². The van der Waals surface area contributed by atoms with Crippen LogP contribution in [-0.2, 0) is 11.2 Å². The molecule has 1 rings (SSSR count). The summed E-state index contributed by atoms with van der Waals surface area (Å²) < 4.78 is 0. The van der Waals surface area contributed by atoms with Crippen LogP contribution in [0.4, 0.5) is 0 Å². The Morgan fingerprint density at radius 3 is 2.50 bits per heavy atom. The van der Waals surface area contributed by atoms with E-state index in [1.165, 1.54) is 0 Å². The normalized spacial score (nSPS) is 11.8. The Kier molecular flexibility index (Phi) is 7.00. The van der Waals surface area contributed by atoms with Gasteiger partial charge in [-0.1, -0.05) is 29.3 Å². The summed E-state index contributed by atoms with van der Waals surface area (Å²) in [4.78, 5) is 11.3. The van der Waals surface area contributed by atoms with Crippen molar-refractivity contribution < 1.29 is 4.79 Å². The van der Waals surface area contributed by atoms with Crippen molar-refractivity contribution in [3.63, 3.8) is 0 Å². The van der Waals surface area contributed by atoms with Crippen LogP contribution in [0.1, 0.15) is 18.9 Å². The summed E-state index contributed by atoms with van der Waals surface area (Å²) in [7, 11) is 0. The minimum atomic E-state index is -0.396. The molecule has 2 N–H and O–H groups in total. The average molecular weight is 283 g/mol. The van der Waals surface area contributed by atoms with Gasteiger partial charge < -0.3 is 5.73 Å². The van der Waals surface area contributed by atoms with Gasteiger partial charge in [-0.15, -0.1) is 12.4 Å². The van der Waals surface area contributed by atoms with Crippen LogP contribution in [0.15, 0.2) is 18.2 Å². The highest BCUT2D eigenvalue weighted by Gasteiger charge is 2.08. The van der Waals surface area contributed by atoms with Gasteiger partial charge in [-0.2, -0.15) is 0 Å². The monoisotopic (exact) mass is 281 g/mol. The van der Waals surface area contributed by atoms with Crippen molar-refractivity contribution in [3.05, 3.63) is 33.8 Å². The van der Waals surface area contributed by atoms with E-state index in [1.54, 1.807) is 19.1 Å². The smallest absolute Gasteiger partial charge is 0.149 e. The lowest BCUT2D eigenvalue weighted by molar-refractivity contribution is -0.119. The van der Waals surface area contributed by atoms with Gasteiger partial charge in [0, 0.05) is 6.42 Å². The molecule has 0 saturated heterocycles. The van der Waals surface area contributed by atoms with Gasteiger partial charge in [0.25, 0.3) is 0 Å². The zero-order valence-corrected chi connectivity index (χ0v) is 11.2. The fourth-order valence-corrected chi connectivity index (χ4v) is 1.51. The number of carbonyl (C=O) groups is 1. The van der Waals surface area contributed by atoms with E-state index in [2.05, 4.69) is 0 Å². The van der Waals surface area contributed by atoms with E-state index < -0.39 is 6.04 Å². The van der Waals surface area contributed by atoms with Crippen LogP contribution in [0.2, 0.25) is 10.0 Å². The van der Waals surface area contributed by atoms with E-state index in [9.17, 15) is 4.79 Å². The lowest BCUT2D eigenvalue weighted by Crippen LogP contribution is -2.26. The number of carbonyl (C=O) groups excluding carboxylic acids is 1. The standard InChI is InChI=1S/C11H13Cl2NO.ClH/c1-7(14)11(15)5-3-8-2-4-9(12)10(13)6-8;/h2,4,6-7H,3,5,14H2,1H3;1H. The zero-order chi connectivity index (χ0) is 11.4. The molecule has 0 bridgehead atoms. The van der Waals surface area contributed by atoms with Crippen LogP contribution >= 0.6 is 35.6 Å². The predicted octanol–water partition coefficient (Wildman–Crippen LogP) is 3.26. The first-order chi connectivity index (χ1) is 7.00. The van der Waals surface area contributed by atoms with Crippen LogP contribution in [0.5, 0.6) is 0 Å². The largest absolute Gasteiger partial charge is 0.322 e. The lowest BCUT2D eigenvalue weighted by Gasteiger charge is -2.05. The first-order valence-electron chi connectivity index (χ1n) is 4.73. The quantitative estimate of drug-likeness (QED) is 0.921. The van der Waals surface area contributed by atoms with Crippen LogP contribution in [0.25, 0.3) is 0 Å². The molecule has 1 atom stereocenters. The first-order valence-corrected chi connectivity index (χ1v) is 5.48. The second-order valence-corrected chi connectivity index (χ2v) is 4.32. The number of halogens is 3. The van der Waals surface area contributed by atoms with Crippen molar-refractivity contribution >= 4 is 41.4 Å². The molecule has 0 aromatic heterocycles. The second-order valence-electron chi connectivity index (χ2n) is 3.50. The molecule has 0 saturated carbocycles. The van der Waals surface area contributed by atoms with Gasteiger partial charge in [0.15, 0.2) is 0 Å². The van der Waals surface area contributed by atoms with Crippen LogP contribution in [0.3, 0.4) is 0 Å². The molecule has 0 amide bonds. The Hall–Kier alpha value is -0.280. The molecule has 5 heteroatoms. The maximum atomic E-state index is 11.3. The molecular formula is C11H14Cl3NO. The summed E-state index contributed by atoms with van der Waals surface area (Å²) in [5, 5.41) is 1.04. The van der Waals surface area contributed by atoms with Gasteiger partial charge in [0.1, 0.15) is 5.78 Å². The fraction of sp³-hybridized carbons (Fsp3) is 0.364. The van der Waals surface area contributed by atoms with Crippen molar-refractivity contribution in [3.8, 4) is 0 Å². The molecule has 90 valence electrons. The third kappa shape index (κ3) is 4.71. The molecular weight excluding hydrogens is 268 g/mol. The number of nitrogens with two attached hydrogens (primary N) is 1. The summed E-state index contributed by atoms with van der Waals surface area (Å²) in [6.45, 7) is 1.69. The molecule has 0 radical (unpaired) electrons. The van der Waals surface area contributed by atoms with Gasteiger partial charge in [0.05, 0.1) is 16.1 Å². The summed E-state index contributed by atoms with van der Waals surface area (Å²) in [5.74, 6) is 0.0565. The lowest BCUT2D eigenvalue weighted by atomic mass is 10.0. The molecule has 0 heterocycles. The summed E-state index contributed by atoms with van der Waals surface area (Å²) >= 11 is 11.6. The van der Waals surface area contributed by atoms with E-state index in [1.807, 2.05) is 6.07 Å². The third-order valence-corrected chi connectivity index (χ3v) is 2.89. The molecule has 0 fully saturated rings. The Bertz CT molecular complexity index is 366. The fourth-order valence-electron chi connectivity index (χ4n) is 1.19. The minimum absolute atomic E-state index is 0. The predicted molar refractivity (Wildman–Crippen MR) is 70.7 cm³/mol. The summed E-state index contributed by atoms with van der Waals surface area (Å²) in [6.07, 6.45) is 1.09. The maximum absolute atomic E-state index is 11.3. The Morgan fingerprint density at radius 1 is 1.38 bits per heavy atom. The van der Waals surface area contributed by atoms with Gasteiger partial charge in [-0.05, 0) is 31.0 Å². The highest BCUT2D eigenvalue weighted by molar-refractivity contribution is 6.42. The first kappa shape index (κ1) is 15.7. The Morgan fingerprint density at radius 2 is 2.00 bits per heavy atom. The minimum Gasteiger partial charge on any atom is -0.322 e. The Balaban J connectivity index is 0.00000225. The molecule has 0 aliphatic heterocycles. The van der Waals surface area contributed by atoms with Gasteiger partial charge in [0.2, 0.25) is 0 Å². The zero-order valence-electron chi connectivity index (χ0n) is 8.87. The van der Waals surface area contributed by atoms with Crippen molar-refractivity contribution in [2.45, 2.75) is 25.8 Å². The van der Waals surface area contributed by atoms with Crippen molar-refractivity contribution in [1.29, 1.82) is 0 Å². The van der Waals surface area contributed by atoms with E-state index >= 15 is 0 Å². The number of Topliss-reactive ketones (excluding diaryl/α,β-unsaturated/α-hetero) is 1. The third-order valence-electron chi connectivity index (χ3n) is 2.15. The second kappa shape index (κ2) is 7.13. The van der Waals surface area contributed by atoms with Crippen molar-refractivity contribution in [2.24, 2.45) is 5.73 Å². The molecule has 0 aliphatic carbocycles. The Labute approximate surface area is 112 Å². The number of ketones is 1. The number of hydrogen-bond donors (Lipinski definition) is 1. The van der Waals surface area contributed by atoms with E-state index in [0.717, 1.165) is 5.56 Å². The van der Waals surface area contributed by atoms with Crippen LogP contribution < -0.4 is 5.73 Å². The highest BCUT2D eigenvalue weighted by atomic mass is 35.5. The van der Waals surface area contributed by atoms with Gasteiger partial charge in [-0.25, -0.2) is 0 Å². The number of hydrogen-bond acceptors (Lipinski definition) is 2. The molecule has 1 aromatic carbocycles. The van der Waals surface area contributed by atoms with Crippen molar-refractivity contribution in [1.82, 2.24) is 0 Å². The van der Waals surface area contributed by atoms with E-state index in [4.69, 9.17) is 28.9 Å². The number of benzene rings is 1. The number of aryl methyl sites for hydroxylation is 1. The topological polar surface area (TPSA) is 43.1 Å². The van der Waals surface area contributed by atoms with Crippen LogP contribution in [0, 0.1) is 0 Å². The SMILES string of the molecule is CC(N)C(=O)CCc1ccc(Cl)c(Cl)c1.Cl. The van der Waals surface area contributed by atoms with Crippen LogP contribution in [-0.4, -0.2) is 11.8 Å². The highest BCUT2D eigenvalue weighted by Crippen LogP contribution is 2.23. The molecule has 0 spiro atoms. The van der Waals surface area contributed by atoms with Crippen molar-refractivity contribution in [2.75, 3.05) is 0 Å². The molecule has 0 aliphatic rings. The van der Waals surface area contributed by atoms with Gasteiger partial charge in [-0.3, -0.25) is 4.79 Å². The van der Waals surface area contributed by atoms with Gasteiger partial charge >= 0.3 is 0 Å². The molecule has 1 aromatic rings. The van der Waals surface area contributed by atoms with E-state index in [-0.39, 0.29) is 18.2 Å². The maximum Gasteiger partial charge on any atom is 0.149 e. The summed E-state index contributed by atoms with van der Waals surface area (Å²) in [6, 6.07) is 4.98. The molecule has 2 nitrogen and oxygen atoms in total.